The number of carbonyl (C=O) groups excluding carboxylic acids is 1. The average Bonchev–Trinajstić information content (AvgIpc) is 3.05. The molecule has 5 heteroatoms. The summed E-state index contributed by atoms with van der Waals surface area (Å²) in [5.74, 6) is -0.284. The van der Waals surface area contributed by atoms with E-state index in [1.54, 1.807) is 0 Å². The van der Waals surface area contributed by atoms with Gasteiger partial charge in [-0.1, -0.05) is 6.07 Å². The molecule has 0 saturated carbocycles. The van der Waals surface area contributed by atoms with Crippen LogP contribution in [0.15, 0.2) is 18.2 Å². The number of hydrogen-bond acceptors (Lipinski definition) is 5. The lowest BCUT2D eigenvalue weighted by Gasteiger charge is -2.29. The third-order valence-electron chi connectivity index (χ3n) is 4.76. The van der Waals surface area contributed by atoms with Crippen LogP contribution in [0.4, 0.5) is 11.4 Å². The molecule has 2 fully saturated rings. The fraction of sp³-hybridized carbons (Fsp3) is 0.611. The lowest BCUT2D eigenvalue weighted by Crippen LogP contribution is -2.29. The predicted octanol–water partition coefficient (Wildman–Crippen LogP) is 2.73. The smallest absolute Gasteiger partial charge is 0.335 e. The first-order valence-electron chi connectivity index (χ1n) is 8.49. The number of anilines is 2. The van der Waals surface area contributed by atoms with Crippen molar-refractivity contribution in [2.75, 3.05) is 37.0 Å². The van der Waals surface area contributed by atoms with E-state index >= 15 is 0 Å². The molecule has 2 aliphatic heterocycles. The monoisotopic (exact) mass is 318 g/mol. The van der Waals surface area contributed by atoms with Gasteiger partial charge in [0.05, 0.1) is 19.8 Å². The van der Waals surface area contributed by atoms with E-state index in [4.69, 9.17) is 9.47 Å². The maximum absolute atomic E-state index is 11.6. The minimum atomic E-state index is -0.442. The second-order valence-corrected chi connectivity index (χ2v) is 6.47. The van der Waals surface area contributed by atoms with Gasteiger partial charge in [-0.2, -0.15) is 0 Å². The Hall–Kier alpha value is -1.75. The number of esters is 1. The van der Waals surface area contributed by atoms with Crippen molar-refractivity contribution in [1.29, 1.82) is 0 Å². The number of nitrogens with zero attached hydrogens (tertiary/aromatic N) is 1. The molecular formula is C18H26N2O3. The molecule has 2 heterocycles. The van der Waals surface area contributed by atoms with Crippen LogP contribution in [0.3, 0.4) is 0 Å². The van der Waals surface area contributed by atoms with E-state index < -0.39 is 6.10 Å². The van der Waals surface area contributed by atoms with E-state index in [-0.39, 0.29) is 12.0 Å². The molecule has 2 atom stereocenters. The zero-order chi connectivity index (χ0) is 16.2. The average molecular weight is 318 g/mol. The molecule has 2 aliphatic rings. The Kier molecular flexibility index (Phi) is 5.06. The van der Waals surface area contributed by atoms with Gasteiger partial charge in [0, 0.05) is 30.9 Å². The maximum Gasteiger partial charge on any atom is 0.335 e. The van der Waals surface area contributed by atoms with Crippen molar-refractivity contribution in [3.8, 4) is 0 Å². The van der Waals surface area contributed by atoms with Crippen LogP contribution >= 0.6 is 0 Å². The van der Waals surface area contributed by atoms with Crippen LogP contribution in [0, 0.1) is 6.92 Å². The summed E-state index contributed by atoms with van der Waals surface area (Å²) >= 11 is 0. The van der Waals surface area contributed by atoms with E-state index in [1.807, 2.05) is 0 Å². The van der Waals surface area contributed by atoms with Gasteiger partial charge in [-0.25, -0.2) is 4.79 Å². The summed E-state index contributed by atoms with van der Waals surface area (Å²) in [6.45, 7) is 4.92. The highest BCUT2D eigenvalue weighted by Crippen LogP contribution is 2.28. The molecule has 0 aromatic heterocycles. The summed E-state index contributed by atoms with van der Waals surface area (Å²) in [6.07, 6.45) is 4.09. The van der Waals surface area contributed by atoms with Gasteiger partial charge in [-0.05, 0) is 43.9 Å². The maximum atomic E-state index is 11.6. The molecule has 2 saturated heterocycles. The van der Waals surface area contributed by atoms with Gasteiger partial charge in [0.1, 0.15) is 0 Å². The fourth-order valence-electron chi connectivity index (χ4n) is 3.36. The number of carbonyl (C=O) groups is 1. The van der Waals surface area contributed by atoms with Crippen LogP contribution in [0.1, 0.15) is 31.2 Å². The molecule has 5 nitrogen and oxygen atoms in total. The number of methoxy groups -OCH3 is 1. The molecule has 1 aromatic carbocycles. The molecule has 0 spiro atoms. The number of aryl methyl sites for hydroxylation is 1. The Morgan fingerprint density at radius 2 is 2.09 bits per heavy atom. The number of nitrogens with one attached hydrogen (secondary N) is 1. The first kappa shape index (κ1) is 16.1. The first-order chi connectivity index (χ1) is 11.2. The second kappa shape index (κ2) is 7.21. The zero-order valence-electron chi connectivity index (χ0n) is 14.0. The summed E-state index contributed by atoms with van der Waals surface area (Å²) in [6, 6.07) is 6.75. The largest absolute Gasteiger partial charge is 0.467 e. The van der Waals surface area contributed by atoms with Crippen LogP contribution in [-0.4, -0.2) is 44.9 Å². The standard InChI is InChI=1S/C18H26N2O3/c1-13-6-7-15(20-8-4-3-5-9-20)11-16(13)19-14-10-17(23-12-14)18(21)22-2/h6-7,11,14,17,19H,3-5,8-10,12H2,1-2H3. The summed E-state index contributed by atoms with van der Waals surface area (Å²) in [5, 5.41) is 3.54. The van der Waals surface area contributed by atoms with Crippen molar-refractivity contribution in [3.63, 3.8) is 0 Å². The molecule has 2 unspecified atom stereocenters. The Balaban J connectivity index is 1.66. The van der Waals surface area contributed by atoms with Crippen molar-refractivity contribution < 1.29 is 14.3 Å². The normalized spacial score (nSPS) is 24.5. The Morgan fingerprint density at radius 1 is 1.30 bits per heavy atom. The Labute approximate surface area is 137 Å². The quantitative estimate of drug-likeness (QED) is 0.865. The van der Waals surface area contributed by atoms with Crippen molar-refractivity contribution in [3.05, 3.63) is 23.8 Å². The van der Waals surface area contributed by atoms with Gasteiger partial charge in [0.25, 0.3) is 0 Å². The lowest BCUT2D eigenvalue weighted by atomic mass is 10.1. The number of piperidine rings is 1. The van der Waals surface area contributed by atoms with Crippen LogP contribution < -0.4 is 10.2 Å². The minimum absolute atomic E-state index is 0.148. The topological polar surface area (TPSA) is 50.8 Å². The molecular weight excluding hydrogens is 292 g/mol. The molecule has 126 valence electrons. The van der Waals surface area contributed by atoms with Gasteiger partial charge < -0.3 is 19.7 Å². The Morgan fingerprint density at radius 3 is 2.83 bits per heavy atom. The lowest BCUT2D eigenvalue weighted by molar-refractivity contribution is -0.151. The second-order valence-electron chi connectivity index (χ2n) is 6.47. The molecule has 1 N–H and O–H groups in total. The molecule has 23 heavy (non-hydrogen) atoms. The SMILES string of the molecule is COC(=O)C1CC(Nc2cc(N3CCCCC3)ccc2C)CO1. The molecule has 0 amide bonds. The molecule has 0 aliphatic carbocycles. The van der Waals surface area contributed by atoms with Crippen LogP contribution in [0.5, 0.6) is 0 Å². The van der Waals surface area contributed by atoms with Crippen LogP contribution in [-0.2, 0) is 14.3 Å². The number of benzene rings is 1. The molecule has 3 rings (SSSR count). The van der Waals surface area contributed by atoms with E-state index in [0.717, 1.165) is 18.8 Å². The summed E-state index contributed by atoms with van der Waals surface area (Å²) in [5.41, 5.74) is 3.63. The van der Waals surface area contributed by atoms with E-state index in [2.05, 4.69) is 35.3 Å². The van der Waals surface area contributed by atoms with Gasteiger partial charge in [-0.15, -0.1) is 0 Å². The molecule has 1 aromatic rings. The van der Waals surface area contributed by atoms with E-state index in [1.165, 1.54) is 37.6 Å². The van der Waals surface area contributed by atoms with E-state index in [0.29, 0.717) is 13.0 Å². The highest BCUT2D eigenvalue weighted by atomic mass is 16.6. The predicted molar refractivity (Wildman–Crippen MR) is 91.0 cm³/mol. The van der Waals surface area contributed by atoms with Gasteiger partial charge in [-0.3, -0.25) is 0 Å². The summed E-state index contributed by atoms with van der Waals surface area (Å²) in [7, 11) is 1.40. The van der Waals surface area contributed by atoms with E-state index in [9.17, 15) is 4.79 Å². The molecule has 0 radical (unpaired) electrons. The summed E-state index contributed by atoms with van der Waals surface area (Å²) < 4.78 is 10.3. The number of rotatable bonds is 4. The molecule has 0 bridgehead atoms. The van der Waals surface area contributed by atoms with Crippen molar-refractivity contribution in [2.24, 2.45) is 0 Å². The van der Waals surface area contributed by atoms with Gasteiger partial charge >= 0.3 is 5.97 Å². The van der Waals surface area contributed by atoms with Crippen molar-refractivity contribution in [1.82, 2.24) is 0 Å². The van der Waals surface area contributed by atoms with Gasteiger partial charge in [0.2, 0.25) is 0 Å². The third-order valence-corrected chi connectivity index (χ3v) is 4.76. The highest BCUT2D eigenvalue weighted by molar-refractivity contribution is 5.75. The first-order valence-corrected chi connectivity index (χ1v) is 8.49. The number of ether oxygens (including phenoxy) is 2. The van der Waals surface area contributed by atoms with Crippen LogP contribution in [0.25, 0.3) is 0 Å². The Bertz CT molecular complexity index is 555. The summed E-state index contributed by atoms with van der Waals surface area (Å²) in [4.78, 5) is 14.0. The van der Waals surface area contributed by atoms with Gasteiger partial charge in [0.15, 0.2) is 6.10 Å². The van der Waals surface area contributed by atoms with Crippen molar-refractivity contribution >= 4 is 17.3 Å². The highest BCUT2D eigenvalue weighted by Gasteiger charge is 2.31. The third kappa shape index (κ3) is 3.78. The number of hydrogen-bond donors (Lipinski definition) is 1. The fourth-order valence-corrected chi connectivity index (χ4v) is 3.36. The van der Waals surface area contributed by atoms with Crippen molar-refractivity contribution in [2.45, 2.75) is 44.8 Å². The minimum Gasteiger partial charge on any atom is -0.467 e. The van der Waals surface area contributed by atoms with Crippen LogP contribution in [0.2, 0.25) is 0 Å². The zero-order valence-corrected chi connectivity index (χ0v) is 14.0.